The Labute approximate surface area is 183 Å². The molecule has 0 radical (unpaired) electrons. The highest BCUT2D eigenvalue weighted by Gasteiger charge is 2.28. The molecule has 4 rings (SSSR count). The van der Waals surface area contributed by atoms with Crippen LogP contribution in [0.3, 0.4) is 0 Å². The quantitative estimate of drug-likeness (QED) is 0.688. The zero-order chi connectivity index (χ0) is 22.0. The fraction of sp³-hybridized carbons (Fsp3) is 0.360. The van der Waals surface area contributed by atoms with E-state index in [0.29, 0.717) is 12.2 Å². The smallest absolute Gasteiger partial charge is 0.295 e. The Hall–Kier alpha value is -3.12. The summed E-state index contributed by atoms with van der Waals surface area (Å²) in [6.45, 7) is 6.49. The first-order valence-electron chi connectivity index (χ1n) is 10.9. The molecule has 1 atom stereocenters. The molecule has 1 unspecified atom stereocenters. The standard InChI is InChI=1S/C25H30N4O2/c1-18-11-13-20(14-12-18)16-28-15-7-8-21(17-28)24(30)26-23-19(2)27(3)29(25(23)31)22-9-5-4-6-10-22/h4-6,9-14,21H,7-8,15-17H2,1-3H3,(H,26,30). The average Bonchev–Trinajstić information content (AvgIpc) is 2.99. The maximum absolute atomic E-state index is 13.1. The van der Waals surface area contributed by atoms with Crippen molar-refractivity contribution < 1.29 is 4.79 Å². The van der Waals surface area contributed by atoms with Gasteiger partial charge in [0.05, 0.1) is 17.3 Å². The van der Waals surface area contributed by atoms with Crippen LogP contribution in [0.4, 0.5) is 5.69 Å². The zero-order valence-electron chi connectivity index (χ0n) is 18.5. The lowest BCUT2D eigenvalue weighted by Gasteiger charge is -2.32. The monoisotopic (exact) mass is 418 g/mol. The van der Waals surface area contributed by atoms with Crippen molar-refractivity contribution in [3.05, 3.63) is 81.8 Å². The van der Waals surface area contributed by atoms with E-state index >= 15 is 0 Å². The number of aryl methyl sites for hydroxylation is 1. The first-order chi connectivity index (χ1) is 14.9. The molecule has 1 N–H and O–H groups in total. The molecule has 1 aliphatic heterocycles. The van der Waals surface area contributed by atoms with Gasteiger partial charge in [0.25, 0.3) is 5.56 Å². The Morgan fingerprint density at radius 1 is 1.06 bits per heavy atom. The van der Waals surface area contributed by atoms with Crippen molar-refractivity contribution in [1.29, 1.82) is 0 Å². The third-order valence-electron chi connectivity index (χ3n) is 6.21. The Kier molecular flexibility index (Phi) is 6.09. The molecular formula is C25H30N4O2. The van der Waals surface area contributed by atoms with E-state index in [-0.39, 0.29) is 17.4 Å². The van der Waals surface area contributed by atoms with Crippen molar-refractivity contribution in [2.24, 2.45) is 13.0 Å². The minimum absolute atomic E-state index is 0.0698. The summed E-state index contributed by atoms with van der Waals surface area (Å²) in [5, 5.41) is 2.95. The first-order valence-corrected chi connectivity index (χ1v) is 10.9. The van der Waals surface area contributed by atoms with E-state index in [1.165, 1.54) is 11.1 Å². The second kappa shape index (κ2) is 8.94. The number of hydrogen-bond donors (Lipinski definition) is 1. The van der Waals surface area contributed by atoms with Gasteiger partial charge in [-0.1, -0.05) is 48.0 Å². The lowest BCUT2D eigenvalue weighted by atomic mass is 9.96. The zero-order valence-corrected chi connectivity index (χ0v) is 18.5. The SMILES string of the molecule is Cc1ccc(CN2CCCC(C(=O)Nc3c(C)n(C)n(-c4ccccc4)c3=O)C2)cc1. The van der Waals surface area contributed by atoms with Crippen LogP contribution in [0.25, 0.3) is 5.69 Å². The predicted octanol–water partition coefficient (Wildman–Crippen LogP) is 3.64. The summed E-state index contributed by atoms with van der Waals surface area (Å²) in [6.07, 6.45) is 1.82. The van der Waals surface area contributed by atoms with Crippen LogP contribution in [0.2, 0.25) is 0 Å². The van der Waals surface area contributed by atoms with Crippen LogP contribution >= 0.6 is 0 Å². The molecule has 0 aliphatic carbocycles. The van der Waals surface area contributed by atoms with E-state index in [2.05, 4.69) is 41.4 Å². The molecule has 2 heterocycles. The number of rotatable bonds is 5. The molecule has 0 bridgehead atoms. The molecule has 1 amide bonds. The molecule has 31 heavy (non-hydrogen) atoms. The molecular weight excluding hydrogens is 388 g/mol. The second-order valence-corrected chi connectivity index (χ2v) is 8.49. The third-order valence-corrected chi connectivity index (χ3v) is 6.21. The van der Waals surface area contributed by atoms with Gasteiger partial charge in [-0.05, 0) is 50.9 Å². The van der Waals surface area contributed by atoms with Crippen LogP contribution in [-0.4, -0.2) is 33.3 Å². The highest BCUT2D eigenvalue weighted by molar-refractivity contribution is 5.93. The number of amides is 1. The number of nitrogens with one attached hydrogen (secondary N) is 1. The van der Waals surface area contributed by atoms with Gasteiger partial charge in [-0.15, -0.1) is 0 Å². The molecule has 1 fully saturated rings. The minimum atomic E-state index is -0.202. The van der Waals surface area contributed by atoms with E-state index in [9.17, 15) is 9.59 Å². The van der Waals surface area contributed by atoms with Gasteiger partial charge < -0.3 is 5.32 Å². The summed E-state index contributed by atoms with van der Waals surface area (Å²) in [5.74, 6) is -0.192. The van der Waals surface area contributed by atoms with E-state index in [0.717, 1.165) is 37.3 Å². The van der Waals surface area contributed by atoms with Crippen LogP contribution in [0.1, 0.15) is 29.7 Å². The maximum Gasteiger partial charge on any atom is 0.295 e. The lowest BCUT2D eigenvalue weighted by molar-refractivity contribution is -0.121. The number of anilines is 1. The number of carbonyl (C=O) groups is 1. The van der Waals surface area contributed by atoms with Crippen LogP contribution in [-0.2, 0) is 18.4 Å². The fourth-order valence-corrected chi connectivity index (χ4v) is 4.30. The third kappa shape index (κ3) is 4.49. The Morgan fingerprint density at radius 2 is 1.77 bits per heavy atom. The van der Waals surface area contributed by atoms with E-state index in [4.69, 9.17) is 0 Å². The molecule has 2 aromatic carbocycles. The fourth-order valence-electron chi connectivity index (χ4n) is 4.30. The van der Waals surface area contributed by atoms with Crippen molar-refractivity contribution in [2.45, 2.75) is 33.2 Å². The highest BCUT2D eigenvalue weighted by atomic mass is 16.2. The van der Waals surface area contributed by atoms with Gasteiger partial charge in [-0.25, -0.2) is 4.68 Å². The number of likely N-dealkylation sites (tertiary alicyclic amines) is 1. The van der Waals surface area contributed by atoms with E-state index in [1.54, 1.807) is 9.36 Å². The molecule has 1 aromatic heterocycles. The number of para-hydroxylation sites is 1. The molecule has 6 heteroatoms. The number of benzene rings is 2. The largest absolute Gasteiger partial charge is 0.320 e. The van der Waals surface area contributed by atoms with Crippen molar-refractivity contribution >= 4 is 11.6 Å². The van der Waals surface area contributed by atoms with Crippen LogP contribution in [0.15, 0.2) is 59.4 Å². The summed E-state index contributed by atoms with van der Waals surface area (Å²) in [7, 11) is 1.84. The van der Waals surface area contributed by atoms with Crippen LogP contribution in [0, 0.1) is 19.8 Å². The van der Waals surface area contributed by atoms with Crippen molar-refractivity contribution in [1.82, 2.24) is 14.3 Å². The highest BCUT2D eigenvalue weighted by Crippen LogP contribution is 2.21. The van der Waals surface area contributed by atoms with Gasteiger partial charge in [0.15, 0.2) is 0 Å². The van der Waals surface area contributed by atoms with Crippen LogP contribution in [0.5, 0.6) is 0 Å². The van der Waals surface area contributed by atoms with E-state index < -0.39 is 0 Å². The van der Waals surface area contributed by atoms with E-state index in [1.807, 2.05) is 44.3 Å². The normalized spacial score (nSPS) is 16.9. The summed E-state index contributed by atoms with van der Waals surface area (Å²) < 4.78 is 3.38. The molecule has 0 spiro atoms. The van der Waals surface area contributed by atoms with Gasteiger partial charge in [0.2, 0.25) is 5.91 Å². The summed E-state index contributed by atoms with van der Waals surface area (Å²) in [5.41, 5.74) is 4.20. The average molecular weight is 419 g/mol. The summed E-state index contributed by atoms with van der Waals surface area (Å²) in [6, 6.07) is 18.0. The van der Waals surface area contributed by atoms with Gasteiger partial charge in [-0.3, -0.25) is 19.2 Å². The first kappa shape index (κ1) is 21.1. The molecule has 1 saturated heterocycles. The summed E-state index contributed by atoms with van der Waals surface area (Å²) in [4.78, 5) is 28.5. The van der Waals surface area contributed by atoms with Crippen molar-refractivity contribution in [3.8, 4) is 5.69 Å². The number of piperidine rings is 1. The summed E-state index contributed by atoms with van der Waals surface area (Å²) >= 11 is 0. The predicted molar refractivity (Wildman–Crippen MR) is 124 cm³/mol. The van der Waals surface area contributed by atoms with Crippen molar-refractivity contribution in [3.63, 3.8) is 0 Å². The van der Waals surface area contributed by atoms with Gasteiger partial charge in [0.1, 0.15) is 5.69 Å². The van der Waals surface area contributed by atoms with Gasteiger partial charge >= 0.3 is 0 Å². The lowest BCUT2D eigenvalue weighted by Crippen LogP contribution is -2.40. The number of aromatic nitrogens is 2. The number of nitrogens with zero attached hydrogens (tertiary/aromatic N) is 3. The number of hydrogen-bond acceptors (Lipinski definition) is 3. The minimum Gasteiger partial charge on any atom is -0.320 e. The molecule has 1 aliphatic rings. The molecule has 3 aromatic rings. The Balaban J connectivity index is 1.48. The van der Waals surface area contributed by atoms with Crippen LogP contribution < -0.4 is 10.9 Å². The molecule has 6 nitrogen and oxygen atoms in total. The molecule has 0 saturated carbocycles. The molecule has 162 valence electrons. The second-order valence-electron chi connectivity index (χ2n) is 8.49. The Bertz CT molecular complexity index is 1110. The maximum atomic E-state index is 13.1. The van der Waals surface area contributed by atoms with Gasteiger partial charge in [0, 0.05) is 20.1 Å². The number of carbonyl (C=O) groups excluding carboxylic acids is 1. The van der Waals surface area contributed by atoms with Crippen molar-refractivity contribution in [2.75, 3.05) is 18.4 Å². The van der Waals surface area contributed by atoms with Gasteiger partial charge in [-0.2, -0.15) is 0 Å². The topological polar surface area (TPSA) is 59.3 Å². The Morgan fingerprint density at radius 3 is 2.48 bits per heavy atom.